The molecule has 110 valence electrons. The molecule has 0 spiro atoms. The van der Waals surface area contributed by atoms with Crippen LogP contribution in [0.5, 0.6) is 0 Å². The number of rotatable bonds is 5. The van der Waals surface area contributed by atoms with Gasteiger partial charge in [0, 0.05) is 24.2 Å². The first kappa shape index (κ1) is 14.8. The second-order valence-corrected chi connectivity index (χ2v) is 7.45. The van der Waals surface area contributed by atoms with Crippen LogP contribution in [0.1, 0.15) is 19.5 Å². The van der Waals surface area contributed by atoms with Crippen LogP contribution in [0.3, 0.4) is 0 Å². The van der Waals surface area contributed by atoms with Crippen LogP contribution in [0.15, 0.2) is 12.3 Å². The molecule has 7 heteroatoms. The highest BCUT2D eigenvalue weighted by Gasteiger charge is 2.14. The lowest BCUT2D eigenvalue weighted by atomic mass is 10.2. The Morgan fingerprint density at radius 3 is 2.80 bits per heavy atom. The minimum atomic E-state index is -2.98. The van der Waals surface area contributed by atoms with Gasteiger partial charge in [0.25, 0.3) is 0 Å². The Hall–Kier alpha value is -1.63. The van der Waals surface area contributed by atoms with Crippen LogP contribution < -0.4 is 5.32 Å². The Labute approximate surface area is 119 Å². The van der Waals surface area contributed by atoms with E-state index in [0.717, 1.165) is 22.4 Å². The Kier molecular flexibility index (Phi) is 3.99. The smallest absolute Gasteiger partial charge is 0.157 e. The van der Waals surface area contributed by atoms with Crippen LogP contribution in [-0.4, -0.2) is 40.7 Å². The van der Waals surface area contributed by atoms with Gasteiger partial charge in [-0.05, 0) is 19.9 Å². The van der Waals surface area contributed by atoms with Crippen LogP contribution >= 0.6 is 0 Å². The number of sulfone groups is 1. The molecule has 0 aliphatic rings. The normalized spacial score (nSPS) is 13.6. The molecule has 0 bridgehead atoms. The number of nitrogens with one attached hydrogen (secondary N) is 1. The first-order valence-electron chi connectivity index (χ1n) is 6.58. The summed E-state index contributed by atoms with van der Waals surface area (Å²) in [7, 11) is -1.13. The standard InChI is InChI=1S/C13H20N4O2S/c1-5-20(18,19)8-9(2)15-11-6-12-10(3)16-17(4)13(12)14-7-11/h6-7,9,15H,5,8H2,1-4H3/t9-/m1/s1. The summed E-state index contributed by atoms with van der Waals surface area (Å²) in [5, 5.41) is 8.47. The molecule has 0 unspecified atom stereocenters. The van der Waals surface area contributed by atoms with E-state index in [4.69, 9.17) is 0 Å². The largest absolute Gasteiger partial charge is 0.380 e. The summed E-state index contributed by atoms with van der Waals surface area (Å²) in [6, 6.07) is 1.80. The van der Waals surface area contributed by atoms with E-state index in [0.29, 0.717) is 0 Å². The zero-order valence-corrected chi connectivity index (χ0v) is 13.0. The van der Waals surface area contributed by atoms with Crippen molar-refractivity contribution in [1.29, 1.82) is 0 Å². The van der Waals surface area contributed by atoms with E-state index in [-0.39, 0.29) is 17.5 Å². The van der Waals surface area contributed by atoms with Crippen LogP contribution in [0.2, 0.25) is 0 Å². The topological polar surface area (TPSA) is 76.9 Å². The number of aromatic nitrogens is 3. The van der Waals surface area contributed by atoms with E-state index < -0.39 is 9.84 Å². The second kappa shape index (κ2) is 5.40. The molecule has 0 fully saturated rings. The molecule has 6 nitrogen and oxygen atoms in total. The summed E-state index contributed by atoms with van der Waals surface area (Å²) in [4.78, 5) is 4.36. The zero-order chi connectivity index (χ0) is 14.9. The van der Waals surface area contributed by atoms with Gasteiger partial charge in [0.05, 0.1) is 23.3 Å². The van der Waals surface area contributed by atoms with E-state index in [1.54, 1.807) is 17.8 Å². The van der Waals surface area contributed by atoms with E-state index in [2.05, 4.69) is 15.4 Å². The fourth-order valence-corrected chi connectivity index (χ4v) is 3.29. The molecule has 1 N–H and O–H groups in total. The number of hydrogen-bond donors (Lipinski definition) is 1. The fourth-order valence-electron chi connectivity index (χ4n) is 2.21. The van der Waals surface area contributed by atoms with E-state index >= 15 is 0 Å². The Balaban J connectivity index is 2.20. The first-order chi connectivity index (χ1) is 9.32. The average molecular weight is 296 g/mol. The SMILES string of the molecule is CCS(=O)(=O)C[C@@H](C)Nc1cnc2c(c1)c(C)nn2C. The highest BCUT2D eigenvalue weighted by atomic mass is 32.2. The molecule has 0 aromatic carbocycles. The molecular formula is C13H20N4O2S. The van der Waals surface area contributed by atoms with Gasteiger partial charge in [-0.3, -0.25) is 4.68 Å². The molecule has 2 heterocycles. The van der Waals surface area contributed by atoms with Gasteiger partial charge in [-0.2, -0.15) is 5.10 Å². The minimum absolute atomic E-state index is 0.119. The van der Waals surface area contributed by atoms with Gasteiger partial charge in [0.2, 0.25) is 0 Å². The number of anilines is 1. The van der Waals surface area contributed by atoms with E-state index in [1.807, 2.05) is 27.0 Å². The van der Waals surface area contributed by atoms with Crippen molar-refractivity contribution >= 4 is 26.6 Å². The monoisotopic (exact) mass is 296 g/mol. The van der Waals surface area contributed by atoms with Gasteiger partial charge in [-0.25, -0.2) is 13.4 Å². The van der Waals surface area contributed by atoms with Crippen LogP contribution in [-0.2, 0) is 16.9 Å². The van der Waals surface area contributed by atoms with E-state index in [9.17, 15) is 8.42 Å². The Morgan fingerprint density at radius 1 is 1.45 bits per heavy atom. The highest BCUT2D eigenvalue weighted by Crippen LogP contribution is 2.19. The Bertz CT molecular complexity index is 721. The lowest BCUT2D eigenvalue weighted by Gasteiger charge is -2.14. The summed E-state index contributed by atoms with van der Waals surface area (Å²) in [5.41, 5.74) is 2.54. The molecule has 0 aliphatic carbocycles. The third-order valence-corrected chi connectivity index (χ3v) is 5.11. The average Bonchev–Trinajstić information content (AvgIpc) is 2.64. The highest BCUT2D eigenvalue weighted by molar-refractivity contribution is 7.91. The van der Waals surface area contributed by atoms with Crippen molar-refractivity contribution < 1.29 is 8.42 Å². The quantitative estimate of drug-likeness (QED) is 0.905. The Morgan fingerprint density at radius 2 is 2.15 bits per heavy atom. The molecule has 1 atom stereocenters. The first-order valence-corrected chi connectivity index (χ1v) is 8.41. The molecule has 0 radical (unpaired) electrons. The van der Waals surface area contributed by atoms with Gasteiger partial charge < -0.3 is 5.32 Å². The van der Waals surface area contributed by atoms with Gasteiger partial charge in [-0.15, -0.1) is 0 Å². The van der Waals surface area contributed by atoms with Gasteiger partial charge >= 0.3 is 0 Å². The maximum atomic E-state index is 11.6. The summed E-state index contributed by atoms with van der Waals surface area (Å²) in [5.74, 6) is 0.283. The molecule has 20 heavy (non-hydrogen) atoms. The second-order valence-electron chi connectivity index (χ2n) is 5.05. The molecule has 2 aromatic heterocycles. The molecule has 0 amide bonds. The molecule has 0 saturated carbocycles. The van der Waals surface area contributed by atoms with Crippen molar-refractivity contribution in [2.75, 3.05) is 16.8 Å². The summed E-state index contributed by atoms with van der Waals surface area (Å²) in [6.45, 7) is 5.45. The number of aryl methyl sites for hydroxylation is 2. The minimum Gasteiger partial charge on any atom is -0.380 e. The van der Waals surface area contributed by atoms with Gasteiger partial charge in [0.1, 0.15) is 0 Å². The maximum Gasteiger partial charge on any atom is 0.157 e. The van der Waals surface area contributed by atoms with Crippen molar-refractivity contribution in [3.63, 3.8) is 0 Å². The summed E-state index contributed by atoms with van der Waals surface area (Å²) < 4.78 is 24.9. The molecule has 0 aliphatic heterocycles. The summed E-state index contributed by atoms with van der Waals surface area (Å²) in [6.07, 6.45) is 1.71. The maximum absolute atomic E-state index is 11.6. The third kappa shape index (κ3) is 3.09. The predicted octanol–water partition coefficient (Wildman–Crippen LogP) is 1.51. The summed E-state index contributed by atoms with van der Waals surface area (Å²) >= 11 is 0. The van der Waals surface area contributed by atoms with Crippen molar-refractivity contribution in [2.45, 2.75) is 26.8 Å². The van der Waals surface area contributed by atoms with E-state index in [1.165, 1.54) is 0 Å². The van der Waals surface area contributed by atoms with Crippen molar-refractivity contribution in [3.05, 3.63) is 18.0 Å². The third-order valence-electron chi connectivity index (χ3n) is 3.22. The number of pyridine rings is 1. The van der Waals surface area contributed by atoms with Crippen LogP contribution in [0, 0.1) is 6.92 Å². The molecule has 2 rings (SSSR count). The van der Waals surface area contributed by atoms with Crippen LogP contribution in [0.4, 0.5) is 5.69 Å². The molecular weight excluding hydrogens is 276 g/mol. The molecule has 0 saturated heterocycles. The van der Waals surface area contributed by atoms with Crippen molar-refractivity contribution in [1.82, 2.24) is 14.8 Å². The lowest BCUT2D eigenvalue weighted by Crippen LogP contribution is -2.26. The van der Waals surface area contributed by atoms with Crippen LogP contribution in [0.25, 0.3) is 11.0 Å². The lowest BCUT2D eigenvalue weighted by molar-refractivity contribution is 0.593. The van der Waals surface area contributed by atoms with Gasteiger partial charge in [0.15, 0.2) is 15.5 Å². The molecule has 2 aromatic rings. The number of nitrogens with zero attached hydrogens (tertiary/aromatic N) is 3. The van der Waals surface area contributed by atoms with Crippen molar-refractivity contribution in [2.24, 2.45) is 7.05 Å². The predicted molar refractivity (Wildman–Crippen MR) is 80.7 cm³/mol. The number of hydrogen-bond acceptors (Lipinski definition) is 5. The van der Waals surface area contributed by atoms with Crippen molar-refractivity contribution in [3.8, 4) is 0 Å². The number of fused-ring (bicyclic) bond motifs is 1. The van der Waals surface area contributed by atoms with Gasteiger partial charge in [-0.1, -0.05) is 6.92 Å². The zero-order valence-electron chi connectivity index (χ0n) is 12.2. The fraction of sp³-hybridized carbons (Fsp3) is 0.538.